The number of H-pyrrole nitrogens is 1. The summed E-state index contributed by atoms with van der Waals surface area (Å²) < 4.78 is 11.6. The van der Waals surface area contributed by atoms with E-state index in [9.17, 15) is 4.79 Å². The van der Waals surface area contributed by atoms with E-state index in [0.29, 0.717) is 28.6 Å². The number of amides is 1. The zero-order chi connectivity index (χ0) is 18.7. The zero-order valence-corrected chi connectivity index (χ0v) is 16.2. The number of carbonyl (C=O) groups is 1. The molecule has 0 spiro atoms. The highest BCUT2D eigenvalue weighted by molar-refractivity contribution is 9.10. The SMILES string of the molecule is COc1ccc(-c2cc(C(=O)Nc3ccc(Br)c(C)c3)[nH]n2)c(OC)c1. The second-order valence-electron chi connectivity index (χ2n) is 5.65. The van der Waals surface area contributed by atoms with Crippen molar-refractivity contribution in [1.29, 1.82) is 0 Å². The fourth-order valence-corrected chi connectivity index (χ4v) is 2.75. The van der Waals surface area contributed by atoms with Crippen molar-refractivity contribution in [1.82, 2.24) is 10.2 Å². The monoisotopic (exact) mass is 415 g/mol. The maximum Gasteiger partial charge on any atom is 0.273 e. The van der Waals surface area contributed by atoms with Crippen molar-refractivity contribution in [2.24, 2.45) is 0 Å². The number of halogens is 1. The highest BCUT2D eigenvalue weighted by Crippen LogP contribution is 2.32. The largest absolute Gasteiger partial charge is 0.497 e. The molecule has 134 valence electrons. The van der Waals surface area contributed by atoms with E-state index in [4.69, 9.17) is 9.47 Å². The summed E-state index contributed by atoms with van der Waals surface area (Å²) in [6.07, 6.45) is 0. The van der Waals surface area contributed by atoms with E-state index in [-0.39, 0.29) is 5.91 Å². The Kier molecular flexibility index (Phi) is 5.27. The Morgan fingerprint density at radius 2 is 1.92 bits per heavy atom. The molecule has 0 fully saturated rings. The molecule has 3 aromatic rings. The van der Waals surface area contributed by atoms with Crippen molar-refractivity contribution < 1.29 is 14.3 Å². The van der Waals surface area contributed by atoms with Crippen molar-refractivity contribution in [2.75, 3.05) is 19.5 Å². The number of hydrogen-bond acceptors (Lipinski definition) is 4. The van der Waals surface area contributed by atoms with Crippen LogP contribution in [-0.2, 0) is 0 Å². The molecule has 2 aromatic carbocycles. The average molecular weight is 416 g/mol. The molecule has 0 aliphatic carbocycles. The second-order valence-corrected chi connectivity index (χ2v) is 6.51. The molecule has 0 aliphatic rings. The minimum absolute atomic E-state index is 0.266. The van der Waals surface area contributed by atoms with Gasteiger partial charge in [0.15, 0.2) is 0 Å². The lowest BCUT2D eigenvalue weighted by Crippen LogP contribution is -2.12. The number of methoxy groups -OCH3 is 2. The molecular weight excluding hydrogens is 398 g/mol. The maximum atomic E-state index is 12.5. The summed E-state index contributed by atoms with van der Waals surface area (Å²) in [5.41, 5.74) is 3.49. The van der Waals surface area contributed by atoms with Crippen LogP contribution in [0.1, 0.15) is 16.1 Å². The van der Waals surface area contributed by atoms with Crippen LogP contribution in [0.15, 0.2) is 46.9 Å². The summed E-state index contributed by atoms with van der Waals surface area (Å²) in [4.78, 5) is 12.5. The predicted octanol–water partition coefficient (Wildman–Crippen LogP) is 4.42. The number of nitrogens with zero attached hydrogens (tertiary/aromatic N) is 1. The van der Waals surface area contributed by atoms with Crippen LogP contribution in [0.4, 0.5) is 5.69 Å². The van der Waals surface area contributed by atoms with Gasteiger partial charge in [0, 0.05) is 21.8 Å². The molecule has 0 unspecified atom stereocenters. The molecule has 7 heteroatoms. The summed E-state index contributed by atoms with van der Waals surface area (Å²) in [6, 6.07) is 12.7. The molecule has 0 atom stereocenters. The molecule has 2 N–H and O–H groups in total. The van der Waals surface area contributed by atoms with Crippen molar-refractivity contribution in [3.8, 4) is 22.8 Å². The van der Waals surface area contributed by atoms with Gasteiger partial charge in [0.2, 0.25) is 0 Å². The standard InChI is InChI=1S/C19H18BrN3O3/c1-11-8-12(4-7-15(11)20)21-19(24)17-10-16(22-23-17)14-6-5-13(25-2)9-18(14)26-3/h4-10H,1-3H3,(H,21,24)(H,22,23). The van der Waals surface area contributed by atoms with Crippen molar-refractivity contribution >= 4 is 27.5 Å². The first-order valence-electron chi connectivity index (χ1n) is 7.87. The number of anilines is 1. The van der Waals surface area contributed by atoms with Gasteiger partial charge in [0.1, 0.15) is 17.2 Å². The summed E-state index contributed by atoms with van der Waals surface area (Å²) in [7, 11) is 3.17. The Labute approximate surface area is 159 Å². The molecule has 0 aliphatic heterocycles. The van der Waals surface area contributed by atoms with Gasteiger partial charge in [-0.15, -0.1) is 0 Å². The molecule has 0 saturated carbocycles. The zero-order valence-electron chi connectivity index (χ0n) is 14.6. The summed E-state index contributed by atoms with van der Waals surface area (Å²) in [5.74, 6) is 1.04. The number of ether oxygens (including phenoxy) is 2. The number of rotatable bonds is 5. The number of benzene rings is 2. The van der Waals surface area contributed by atoms with Crippen LogP contribution in [0.3, 0.4) is 0 Å². The van der Waals surface area contributed by atoms with Crippen molar-refractivity contribution in [3.63, 3.8) is 0 Å². The van der Waals surface area contributed by atoms with Crippen molar-refractivity contribution in [2.45, 2.75) is 6.92 Å². The van der Waals surface area contributed by atoms with E-state index >= 15 is 0 Å². The molecule has 0 radical (unpaired) electrons. The number of nitrogens with one attached hydrogen (secondary N) is 2. The summed E-state index contributed by atoms with van der Waals surface area (Å²) in [5, 5.41) is 9.86. The lowest BCUT2D eigenvalue weighted by molar-refractivity contribution is 0.102. The van der Waals surface area contributed by atoms with Gasteiger partial charge < -0.3 is 14.8 Å². The van der Waals surface area contributed by atoms with Gasteiger partial charge in [-0.1, -0.05) is 15.9 Å². The molecule has 1 heterocycles. The molecule has 1 aromatic heterocycles. The van der Waals surface area contributed by atoms with E-state index in [1.54, 1.807) is 26.4 Å². The van der Waals surface area contributed by atoms with Gasteiger partial charge in [0.25, 0.3) is 5.91 Å². The van der Waals surface area contributed by atoms with Crippen LogP contribution in [0.5, 0.6) is 11.5 Å². The fraction of sp³-hybridized carbons (Fsp3) is 0.158. The van der Waals surface area contributed by atoms with Crippen molar-refractivity contribution in [3.05, 3.63) is 58.2 Å². The third-order valence-corrected chi connectivity index (χ3v) is 4.81. The molecular formula is C19H18BrN3O3. The minimum Gasteiger partial charge on any atom is -0.497 e. The quantitative estimate of drug-likeness (QED) is 0.646. The molecule has 26 heavy (non-hydrogen) atoms. The van der Waals surface area contributed by atoms with E-state index < -0.39 is 0 Å². The second kappa shape index (κ2) is 7.61. The van der Waals surface area contributed by atoms with Crippen LogP contribution >= 0.6 is 15.9 Å². The lowest BCUT2D eigenvalue weighted by atomic mass is 10.1. The van der Waals surface area contributed by atoms with Crippen LogP contribution in [0, 0.1) is 6.92 Å². The van der Waals surface area contributed by atoms with Crippen LogP contribution in [0.2, 0.25) is 0 Å². The van der Waals surface area contributed by atoms with E-state index in [1.807, 2.05) is 37.3 Å². The van der Waals surface area contributed by atoms with Crippen LogP contribution in [0.25, 0.3) is 11.3 Å². The molecule has 0 bridgehead atoms. The number of aromatic nitrogens is 2. The highest BCUT2D eigenvalue weighted by atomic mass is 79.9. The molecule has 3 rings (SSSR count). The molecule has 0 saturated heterocycles. The average Bonchev–Trinajstić information content (AvgIpc) is 3.14. The van der Waals surface area contributed by atoms with Gasteiger partial charge in [0.05, 0.1) is 19.9 Å². The number of aromatic amines is 1. The normalized spacial score (nSPS) is 10.5. The van der Waals surface area contributed by atoms with Crippen LogP contribution < -0.4 is 14.8 Å². The molecule has 1 amide bonds. The van der Waals surface area contributed by atoms with Gasteiger partial charge in [-0.3, -0.25) is 9.89 Å². The smallest absolute Gasteiger partial charge is 0.273 e. The topological polar surface area (TPSA) is 76.2 Å². The Balaban J connectivity index is 1.83. The summed E-state index contributed by atoms with van der Waals surface area (Å²) in [6.45, 7) is 1.96. The molecule has 6 nitrogen and oxygen atoms in total. The fourth-order valence-electron chi connectivity index (χ4n) is 2.51. The Morgan fingerprint density at radius 1 is 1.12 bits per heavy atom. The Morgan fingerprint density at radius 3 is 2.62 bits per heavy atom. The van der Waals surface area contributed by atoms with Crippen LogP contribution in [-0.4, -0.2) is 30.3 Å². The lowest BCUT2D eigenvalue weighted by Gasteiger charge is -2.08. The van der Waals surface area contributed by atoms with Gasteiger partial charge in [-0.2, -0.15) is 5.10 Å². The van der Waals surface area contributed by atoms with E-state index in [2.05, 4.69) is 31.4 Å². The first-order valence-corrected chi connectivity index (χ1v) is 8.66. The first kappa shape index (κ1) is 18.0. The minimum atomic E-state index is -0.266. The number of carbonyl (C=O) groups excluding carboxylic acids is 1. The Hall–Kier alpha value is -2.80. The van der Waals surface area contributed by atoms with Gasteiger partial charge in [-0.25, -0.2) is 0 Å². The summed E-state index contributed by atoms with van der Waals surface area (Å²) >= 11 is 3.44. The third-order valence-electron chi connectivity index (χ3n) is 3.92. The van der Waals surface area contributed by atoms with Gasteiger partial charge in [-0.05, 0) is 48.9 Å². The number of aryl methyl sites for hydroxylation is 1. The first-order chi connectivity index (χ1) is 12.5. The van der Waals surface area contributed by atoms with E-state index in [1.165, 1.54) is 0 Å². The highest BCUT2D eigenvalue weighted by Gasteiger charge is 2.15. The predicted molar refractivity (Wildman–Crippen MR) is 104 cm³/mol. The number of hydrogen-bond donors (Lipinski definition) is 2. The van der Waals surface area contributed by atoms with Gasteiger partial charge >= 0.3 is 0 Å². The Bertz CT molecular complexity index is 953. The maximum absolute atomic E-state index is 12.5. The third kappa shape index (κ3) is 3.72. The van der Waals surface area contributed by atoms with E-state index in [0.717, 1.165) is 15.6 Å².